The van der Waals surface area contributed by atoms with Crippen molar-refractivity contribution in [2.75, 3.05) is 26.2 Å². The first-order valence-corrected chi connectivity index (χ1v) is 10.1. The molecule has 2 aromatic carbocycles. The van der Waals surface area contributed by atoms with Crippen molar-refractivity contribution in [2.24, 2.45) is 0 Å². The average Bonchev–Trinajstić information content (AvgIpc) is 2.69. The fourth-order valence-electron chi connectivity index (χ4n) is 3.13. The lowest BCUT2D eigenvalue weighted by molar-refractivity contribution is -0.141. The summed E-state index contributed by atoms with van der Waals surface area (Å²) < 4.78 is 6.22. The van der Waals surface area contributed by atoms with E-state index in [1.807, 2.05) is 30.3 Å². The molecule has 6 heteroatoms. The minimum absolute atomic E-state index is 0.131. The summed E-state index contributed by atoms with van der Waals surface area (Å²) in [6, 6.07) is 17.5. The van der Waals surface area contributed by atoms with Crippen molar-refractivity contribution in [3.05, 3.63) is 69.3 Å². The molecule has 1 heterocycles. The molecule has 27 heavy (non-hydrogen) atoms. The second kappa shape index (κ2) is 9.32. The number of benzene rings is 2. The van der Waals surface area contributed by atoms with Crippen molar-refractivity contribution < 1.29 is 14.3 Å². The summed E-state index contributed by atoms with van der Waals surface area (Å²) in [5.74, 6) is -0.586. The number of halogens is 1. The Hall–Kier alpha value is -1.93. The Morgan fingerprint density at radius 3 is 2.30 bits per heavy atom. The van der Waals surface area contributed by atoms with Gasteiger partial charge in [0.15, 0.2) is 6.10 Å². The van der Waals surface area contributed by atoms with Crippen molar-refractivity contribution in [1.29, 1.82) is 0 Å². The molecule has 1 aliphatic rings. The summed E-state index contributed by atoms with van der Waals surface area (Å²) >= 11 is 2.09. The molecule has 0 spiro atoms. The van der Waals surface area contributed by atoms with Gasteiger partial charge in [0.25, 0.3) is 5.91 Å². The van der Waals surface area contributed by atoms with E-state index in [9.17, 15) is 9.59 Å². The normalized spacial score (nSPS) is 16.0. The molecule has 0 N–H and O–H groups in total. The number of hydrogen-bond acceptors (Lipinski definition) is 4. The molecule has 1 amide bonds. The molecule has 2 aromatic rings. The largest absolute Gasteiger partial charge is 0.449 e. The topological polar surface area (TPSA) is 49.9 Å². The highest BCUT2D eigenvalue weighted by atomic mass is 127. The third-order valence-electron chi connectivity index (χ3n) is 4.66. The molecular formula is C21H23IN2O3. The van der Waals surface area contributed by atoms with Crippen LogP contribution in [-0.2, 0) is 16.1 Å². The third kappa shape index (κ3) is 5.29. The molecule has 1 fully saturated rings. The summed E-state index contributed by atoms with van der Waals surface area (Å²) in [5.41, 5.74) is 1.77. The molecule has 0 radical (unpaired) electrons. The lowest BCUT2D eigenvalue weighted by Crippen LogP contribution is -2.51. The van der Waals surface area contributed by atoms with Crippen LogP contribution in [0.3, 0.4) is 0 Å². The first-order chi connectivity index (χ1) is 13.0. The van der Waals surface area contributed by atoms with Gasteiger partial charge in [-0.25, -0.2) is 4.79 Å². The lowest BCUT2D eigenvalue weighted by Gasteiger charge is -2.35. The number of hydrogen-bond donors (Lipinski definition) is 0. The highest BCUT2D eigenvalue weighted by Gasteiger charge is 2.27. The average molecular weight is 478 g/mol. The predicted octanol–water partition coefficient (Wildman–Crippen LogP) is 3.18. The van der Waals surface area contributed by atoms with Crippen LogP contribution < -0.4 is 0 Å². The Morgan fingerprint density at radius 1 is 1.00 bits per heavy atom. The third-order valence-corrected chi connectivity index (χ3v) is 5.60. The van der Waals surface area contributed by atoms with Gasteiger partial charge < -0.3 is 9.64 Å². The number of esters is 1. The first-order valence-electron chi connectivity index (χ1n) is 9.05. The van der Waals surface area contributed by atoms with E-state index in [2.05, 4.69) is 39.6 Å². The second-order valence-electron chi connectivity index (χ2n) is 6.61. The summed E-state index contributed by atoms with van der Waals surface area (Å²) in [6.45, 7) is 5.47. The van der Waals surface area contributed by atoms with Crippen LogP contribution in [0.5, 0.6) is 0 Å². The maximum Gasteiger partial charge on any atom is 0.339 e. The number of ether oxygens (including phenoxy) is 1. The number of amides is 1. The van der Waals surface area contributed by atoms with Crippen LogP contribution in [-0.4, -0.2) is 54.0 Å². The van der Waals surface area contributed by atoms with Crippen molar-refractivity contribution >= 4 is 34.5 Å². The van der Waals surface area contributed by atoms with Crippen molar-refractivity contribution in [3.63, 3.8) is 0 Å². The van der Waals surface area contributed by atoms with Crippen LogP contribution in [0.25, 0.3) is 0 Å². The smallest absolute Gasteiger partial charge is 0.339 e. The van der Waals surface area contributed by atoms with Gasteiger partial charge in [0.2, 0.25) is 0 Å². The van der Waals surface area contributed by atoms with Crippen molar-refractivity contribution in [1.82, 2.24) is 9.80 Å². The van der Waals surface area contributed by atoms with Crippen molar-refractivity contribution in [3.8, 4) is 0 Å². The van der Waals surface area contributed by atoms with Crippen LogP contribution in [0.1, 0.15) is 22.8 Å². The van der Waals surface area contributed by atoms with E-state index in [1.54, 1.807) is 24.0 Å². The van der Waals surface area contributed by atoms with E-state index in [-0.39, 0.29) is 5.91 Å². The molecule has 142 valence electrons. The molecule has 0 aliphatic carbocycles. The molecule has 3 rings (SSSR count). The van der Waals surface area contributed by atoms with Gasteiger partial charge in [-0.3, -0.25) is 9.69 Å². The molecule has 5 nitrogen and oxygen atoms in total. The van der Waals surface area contributed by atoms with Gasteiger partial charge in [-0.15, -0.1) is 0 Å². The van der Waals surface area contributed by atoms with E-state index < -0.39 is 12.1 Å². The summed E-state index contributed by atoms with van der Waals surface area (Å²) in [7, 11) is 0. The second-order valence-corrected chi connectivity index (χ2v) is 7.78. The Labute approximate surface area is 173 Å². The van der Waals surface area contributed by atoms with Gasteiger partial charge in [-0.2, -0.15) is 0 Å². The quantitative estimate of drug-likeness (QED) is 0.490. The molecule has 1 aliphatic heterocycles. The summed E-state index contributed by atoms with van der Waals surface area (Å²) in [6.07, 6.45) is -0.783. The number of carbonyl (C=O) groups is 2. The minimum Gasteiger partial charge on any atom is -0.449 e. The molecule has 1 atom stereocenters. The van der Waals surface area contributed by atoms with E-state index in [0.29, 0.717) is 18.7 Å². The van der Waals surface area contributed by atoms with Gasteiger partial charge in [0, 0.05) is 36.3 Å². The molecular weight excluding hydrogens is 455 g/mol. The fourth-order valence-corrected chi connectivity index (χ4v) is 3.73. The van der Waals surface area contributed by atoms with Gasteiger partial charge in [-0.05, 0) is 47.2 Å². The Kier molecular flexibility index (Phi) is 6.84. The van der Waals surface area contributed by atoms with Gasteiger partial charge in [0.05, 0.1) is 5.56 Å². The molecule has 0 aromatic heterocycles. The number of piperazine rings is 1. The number of rotatable bonds is 5. The van der Waals surface area contributed by atoms with E-state index in [1.165, 1.54) is 5.56 Å². The van der Waals surface area contributed by atoms with E-state index in [0.717, 1.165) is 23.2 Å². The van der Waals surface area contributed by atoms with Crippen LogP contribution >= 0.6 is 22.6 Å². The number of nitrogens with zero attached hydrogens (tertiary/aromatic N) is 2. The van der Waals surface area contributed by atoms with Gasteiger partial charge in [0.1, 0.15) is 0 Å². The van der Waals surface area contributed by atoms with Crippen molar-refractivity contribution in [2.45, 2.75) is 19.6 Å². The molecule has 0 saturated carbocycles. The monoisotopic (exact) mass is 478 g/mol. The van der Waals surface area contributed by atoms with E-state index in [4.69, 9.17) is 4.74 Å². The van der Waals surface area contributed by atoms with Crippen LogP contribution in [0.2, 0.25) is 0 Å². The molecule has 0 bridgehead atoms. The Morgan fingerprint density at radius 2 is 1.63 bits per heavy atom. The SMILES string of the molecule is CC(OC(=O)c1ccccc1I)C(=O)N1CCN(Cc2ccccc2)CC1. The first kappa shape index (κ1) is 19.8. The minimum atomic E-state index is -0.783. The fraction of sp³-hybridized carbons (Fsp3) is 0.333. The Balaban J connectivity index is 1.50. The number of carbonyl (C=O) groups excluding carboxylic acids is 2. The molecule has 1 saturated heterocycles. The highest BCUT2D eigenvalue weighted by molar-refractivity contribution is 14.1. The summed E-state index contributed by atoms with van der Waals surface area (Å²) in [4.78, 5) is 29.1. The van der Waals surface area contributed by atoms with E-state index >= 15 is 0 Å². The van der Waals surface area contributed by atoms with Crippen LogP contribution in [0, 0.1) is 3.57 Å². The van der Waals surface area contributed by atoms with Gasteiger partial charge >= 0.3 is 5.97 Å². The predicted molar refractivity (Wildman–Crippen MR) is 112 cm³/mol. The zero-order chi connectivity index (χ0) is 19.2. The maximum absolute atomic E-state index is 12.6. The van der Waals surface area contributed by atoms with Crippen LogP contribution in [0.4, 0.5) is 0 Å². The summed E-state index contributed by atoms with van der Waals surface area (Å²) in [5, 5.41) is 0. The lowest BCUT2D eigenvalue weighted by atomic mass is 10.2. The van der Waals surface area contributed by atoms with Gasteiger partial charge in [-0.1, -0.05) is 42.5 Å². The maximum atomic E-state index is 12.6. The standard InChI is InChI=1S/C21H23IN2O3/c1-16(27-21(26)18-9-5-6-10-19(18)22)20(25)24-13-11-23(12-14-24)15-17-7-3-2-4-8-17/h2-10,16H,11-15H2,1H3. The molecule has 1 unspecified atom stereocenters. The Bertz CT molecular complexity index is 789. The zero-order valence-corrected chi connectivity index (χ0v) is 17.5. The zero-order valence-electron chi connectivity index (χ0n) is 15.3. The van der Waals surface area contributed by atoms with Crippen LogP contribution in [0.15, 0.2) is 54.6 Å². The highest BCUT2D eigenvalue weighted by Crippen LogP contribution is 2.15.